The van der Waals surface area contributed by atoms with Gasteiger partial charge in [0.15, 0.2) is 0 Å². The number of nitrogens with one attached hydrogen (secondary N) is 1. The van der Waals surface area contributed by atoms with E-state index in [9.17, 15) is 0 Å². The molecule has 3 heterocycles. The number of anilines is 1. The molecule has 0 amide bonds. The molecule has 0 saturated carbocycles. The first-order valence-corrected chi connectivity index (χ1v) is 10.3. The molecule has 1 saturated heterocycles. The van der Waals surface area contributed by atoms with Crippen molar-refractivity contribution in [2.24, 2.45) is 0 Å². The normalized spacial score (nSPS) is 19.0. The summed E-state index contributed by atoms with van der Waals surface area (Å²) in [6.45, 7) is 7.45. The Morgan fingerprint density at radius 1 is 1.03 bits per heavy atom. The zero-order valence-corrected chi connectivity index (χ0v) is 17.8. The number of aryl methyl sites for hydroxylation is 2. The van der Waals surface area contributed by atoms with E-state index in [0.717, 1.165) is 53.4 Å². The Morgan fingerprint density at radius 3 is 2.57 bits per heavy atom. The summed E-state index contributed by atoms with van der Waals surface area (Å²) in [7, 11) is 1.69. The first-order chi connectivity index (χ1) is 14.5. The summed E-state index contributed by atoms with van der Waals surface area (Å²) >= 11 is 0. The van der Waals surface area contributed by atoms with E-state index < -0.39 is 0 Å². The number of aromatic amines is 1. The van der Waals surface area contributed by atoms with E-state index in [0.29, 0.717) is 0 Å². The highest BCUT2D eigenvalue weighted by Gasteiger charge is 2.42. The summed E-state index contributed by atoms with van der Waals surface area (Å²) in [6.07, 6.45) is 5.48. The zero-order valence-electron chi connectivity index (χ0n) is 17.8. The van der Waals surface area contributed by atoms with Crippen LogP contribution in [0.1, 0.15) is 36.7 Å². The van der Waals surface area contributed by atoms with Crippen LogP contribution in [-0.2, 0) is 5.54 Å². The number of aromatic nitrogens is 5. The van der Waals surface area contributed by atoms with Gasteiger partial charge in [0.2, 0.25) is 0 Å². The standard InChI is InChI=1S/C23H26N6O/c1-15-12-18-19(13-16(15)2)27-22(26-18)23(3)8-5-11-28(23)21-14-17(30-4)6-7-20(21)29-24-9-10-25-29/h6-7,9-10,12-14H,5,8,11H2,1-4H3,(H,26,27)/t23-/m0/s1. The molecular weight excluding hydrogens is 376 g/mol. The van der Waals surface area contributed by atoms with Gasteiger partial charge < -0.3 is 14.6 Å². The largest absolute Gasteiger partial charge is 0.497 e. The van der Waals surface area contributed by atoms with Crippen LogP contribution in [0, 0.1) is 13.8 Å². The molecule has 2 aromatic carbocycles. The number of fused-ring (bicyclic) bond motifs is 1. The SMILES string of the molecule is COc1ccc(-n2nccn2)c(N2CCC[C@@]2(C)c2nc3cc(C)c(C)cc3[nH]2)c1. The van der Waals surface area contributed by atoms with Crippen LogP contribution in [0.3, 0.4) is 0 Å². The van der Waals surface area contributed by atoms with Crippen molar-refractivity contribution in [1.29, 1.82) is 0 Å². The maximum atomic E-state index is 5.53. The molecule has 1 aliphatic rings. The lowest BCUT2D eigenvalue weighted by molar-refractivity contribution is 0.413. The summed E-state index contributed by atoms with van der Waals surface area (Å²) < 4.78 is 5.53. The fourth-order valence-electron chi connectivity index (χ4n) is 4.48. The van der Waals surface area contributed by atoms with Crippen LogP contribution in [0.15, 0.2) is 42.7 Å². The van der Waals surface area contributed by atoms with E-state index in [1.807, 2.05) is 12.1 Å². The lowest BCUT2D eigenvalue weighted by atomic mass is 9.97. The van der Waals surface area contributed by atoms with Gasteiger partial charge in [-0.05, 0) is 69.0 Å². The second-order valence-corrected chi connectivity index (χ2v) is 8.24. The lowest BCUT2D eigenvalue weighted by Crippen LogP contribution is -2.40. The van der Waals surface area contributed by atoms with E-state index in [2.05, 4.69) is 59.1 Å². The van der Waals surface area contributed by atoms with Gasteiger partial charge in [0.05, 0.1) is 41.8 Å². The van der Waals surface area contributed by atoms with Crippen molar-refractivity contribution in [2.45, 2.75) is 39.2 Å². The number of imidazole rings is 1. The van der Waals surface area contributed by atoms with Crippen LogP contribution in [0.2, 0.25) is 0 Å². The van der Waals surface area contributed by atoms with Crippen LogP contribution in [0.5, 0.6) is 5.75 Å². The molecule has 1 fully saturated rings. The quantitative estimate of drug-likeness (QED) is 0.551. The average Bonchev–Trinajstić information content (AvgIpc) is 3.48. The predicted molar refractivity (Wildman–Crippen MR) is 117 cm³/mol. The van der Waals surface area contributed by atoms with E-state index >= 15 is 0 Å². The highest BCUT2D eigenvalue weighted by Crippen LogP contribution is 2.44. The zero-order chi connectivity index (χ0) is 20.9. The molecule has 154 valence electrons. The van der Waals surface area contributed by atoms with Gasteiger partial charge in [-0.25, -0.2) is 4.98 Å². The minimum atomic E-state index is -0.269. The van der Waals surface area contributed by atoms with E-state index in [1.165, 1.54) is 11.1 Å². The topological polar surface area (TPSA) is 71.9 Å². The number of ether oxygens (including phenoxy) is 1. The Balaban J connectivity index is 1.65. The highest BCUT2D eigenvalue weighted by atomic mass is 16.5. The Labute approximate surface area is 175 Å². The molecule has 0 bridgehead atoms. The van der Waals surface area contributed by atoms with Crippen molar-refractivity contribution in [2.75, 3.05) is 18.6 Å². The molecule has 2 aromatic heterocycles. The van der Waals surface area contributed by atoms with Gasteiger partial charge in [-0.2, -0.15) is 10.2 Å². The molecule has 7 nitrogen and oxygen atoms in total. The molecule has 0 radical (unpaired) electrons. The molecule has 0 aliphatic carbocycles. The van der Waals surface area contributed by atoms with Crippen LogP contribution < -0.4 is 9.64 Å². The van der Waals surface area contributed by atoms with Gasteiger partial charge in [-0.1, -0.05) is 0 Å². The monoisotopic (exact) mass is 402 g/mol. The number of H-pyrrole nitrogens is 1. The second kappa shape index (κ2) is 6.86. The molecule has 7 heteroatoms. The molecule has 30 heavy (non-hydrogen) atoms. The lowest BCUT2D eigenvalue weighted by Gasteiger charge is -2.36. The molecule has 1 N–H and O–H groups in total. The smallest absolute Gasteiger partial charge is 0.132 e. The number of benzene rings is 2. The molecule has 4 aromatic rings. The van der Waals surface area contributed by atoms with Gasteiger partial charge >= 0.3 is 0 Å². The number of rotatable bonds is 4. The Hall–Kier alpha value is -3.35. The summed E-state index contributed by atoms with van der Waals surface area (Å²) in [5.41, 5.74) is 6.33. The van der Waals surface area contributed by atoms with Crippen molar-refractivity contribution >= 4 is 16.7 Å². The summed E-state index contributed by atoms with van der Waals surface area (Å²) in [4.78, 5) is 12.7. The third kappa shape index (κ3) is 2.84. The fraction of sp³-hybridized carbons (Fsp3) is 0.348. The summed E-state index contributed by atoms with van der Waals surface area (Å²) in [5, 5.41) is 8.73. The van der Waals surface area contributed by atoms with Crippen LogP contribution in [-0.4, -0.2) is 38.6 Å². The first kappa shape index (κ1) is 18.7. The number of methoxy groups -OCH3 is 1. The van der Waals surface area contributed by atoms with E-state index in [-0.39, 0.29) is 5.54 Å². The third-order valence-electron chi connectivity index (χ3n) is 6.36. The summed E-state index contributed by atoms with van der Waals surface area (Å²) in [5.74, 6) is 1.80. The predicted octanol–water partition coefficient (Wildman–Crippen LogP) is 4.28. The van der Waals surface area contributed by atoms with E-state index in [1.54, 1.807) is 24.3 Å². The molecule has 5 rings (SSSR count). The number of hydrogen-bond donors (Lipinski definition) is 1. The molecule has 1 aliphatic heterocycles. The average molecular weight is 403 g/mol. The van der Waals surface area contributed by atoms with Crippen molar-refractivity contribution in [3.8, 4) is 11.4 Å². The molecule has 0 spiro atoms. The Morgan fingerprint density at radius 2 is 1.80 bits per heavy atom. The van der Waals surface area contributed by atoms with Crippen LogP contribution in [0.25, 0.3) is 16.7 Å². The second-order valence-electron chi connectivity index (χ2n) is 8.24. The highest BCUT2D eigenvalue weighted by molar-refractivity contribution is 5.78. The molecule has 1 atom stereocenters. The third-order valence-corrected chi connectivity index (χ3v) is 6.36. The minimum Gasteiger partial charge on any atom is -0.497 e. The maximum Gasteiger partial charge on any atom is 0.132 e. The van der Waals surface area contributed by atoms with E-state index in [4.69, 9.17) is 9.72 Å². The van der Waals surface area contributed by atoms with Crippen molar-refractivity contribution < 1.29 is 4.74 Å². The van der Waals surface area contributed by atoms with Crippen molar-refractivity contribution in [3.05, 3.63) is 59.7 Å². The number of nitrogens with zero attached hydrogens (tertiary/aromatic N) is 5. The summed E-state index contributed by atoms with van der Waals surface area (Å²) in [6, 6.07) is 10.4. The Bertz CT molecular complexity index is 1170. The maximum absolute atomic E-state index is 5.53. The van der Waals surface area contributed by atoms with Crippen LogP contribution in [0.4, 0.5) is 5.69 Å². The fourth-order valence-corrected chi connectivity index (χ4v) is 4.48. The Kier molecular flexibility index (Phi) is 4.27. The van der Waals surface area contributed by atoms with Crippen LogP contribution >= 0.6 is 0 Å². The van der Waals surface area contributed by atoms with Crippen molar-refractivity contribution in [1.82, 2.24) is 25.0 Å². The van der Waals surface area contributed by atoms with Gasteiger partial charge in [-0.15, -0.1) is 4.80 Å². The van der Waals surface area contributed by atoms with Gasteiger partial charge in [0.1, 0.15) is 17.3 Å². The molecule has 0 unspecified atom stereocenters. The molecular formula is C23H26N6O. The van der Waals surface area contributed by atoms with Gasteiger partial charge in [0.25, 0.3) is 0 Å². The minimum absolute atomic E-state index is 0.269. The first-order valence-electron chi connectivity index (χ1n) is 10.3. The van der Waals surface area contributed by atoms with Gasteiger partial charge in [0, 0.05) is 12.6 Å². The van der Waals surface area contributed by atoms with Gasteiger partial charge in [-0.3, -0.25) is 0 Å². The van der Waals surface area contributed by atoms with Crippen molar-refractivity contribution in [3.63, 3.8) is 0 Å². The number of hydrogen-bond acceptors (Lipinski definition) is 5.